The first-order valence-corrected chi connectivity index (χ1v) is 7.42. The van der Waals surface area contributed by atoms with E-state index >= 15 is 0 Å². The largest absolute Gasteiger partial charge is 0.497 e. The van der Waals surface area contributed by atoms with Crippen molar-refractivity contribution < 1.29 is 9.47 Å². The second-order valence-electron chi connectivity index (χ2n) is 5.00. The number of anilines is 2. The molecule has 0 radical (unpaired) electrons. The third kappa shape index (κ3) is 3.00. The van der Waals surface area contributed by atoms with E-state index in [1.165, 1.54) is 0 Å². The second-order valence-corrected chi connectivity index (χ2v) is 5.34. The van der Waals surface area contributed by atoms with Crippen LogP contribution in [-0.2, 0) is 0 Å². The summed E-state index contributed by atoms with van der Waals surface area (Å²) in [5.74, 6) is 2.09. The number of hydrogen-bond donors (Lipinski definition) is 1. The number of halogens is 1. The third-order valence-corrected chi connectivity index (χ3v) is 3.74. The molecule has 0 saturated heterocycles. The molecule has 1 aromatic heterocycles. The van der Waals surface area contributed by atoms with Gasteiger partial charge in [0.2, 0.25) is 5.28 Å². The van der Waals surface area contributed by atoms with Gasteiger partial charge in [0.25, 0.3) is 0 Å². The molecule has 0 aliphatic carbocycles. The predicted molar refractivity (Wildman–Crippen MR) is 92.1 cm³/mol. The Morgan fingerprint density at radius 3 is 2.57 bits per heavy atom. The molecular formula is C17H16ClN3O2. The molecule has 0 amide bonds. The maximum atomic E-state index is 6.07. The average molecular weight is 330 g/mol. The number of aryl methyl sites for hydroxylation is 1. The Hall–Kier alpha value is -2.53. The van der Waals surface area contributed by atoms with Crippen LogP contribution in [0.15, 0.2) is 36.4 Å². The highest BCUT2D eigenvalue weighted by Crippen LogP contribution is 2.32. The van der Waals surface area contributed by atoms with Gasteiger partial charge in [0.05, 0.1) is 14.2 Å². The molecular weight excluding hydrogens is 314 g/mol. The van der Waals surface area contributed by atoms with Crippen LogP contribution < -0.4 is 14.8 Å². The lowest BCUT2D eigenvalue weighted by atomic mass is 10.1. The van der Waals surface area contributed by atoms with Crippen molar-refractivity contribution >= 4 is 34.0 Å². The number of hydrogen-bond acceptors (Lipinski definition) is 5. The first-order valence-electron chi connectivity index (χ1n) is 7.04. The zero-order chi connectivity index (χ0) is 16.4. The fraction of sp³-hybridized carbons (Fsp3) is 0.176. The first-order chi connectivity index (χ1) is 11.1. The van der Waals surface area contributed by atoms with E-state index in [1.54, 1.807) is 14.2 Å². The van der Waals surface area contributed by atoms with E-state index in [9.17, 15) is 0 Å². The molecule has 0 unspecified atom stereocenters. The minimum atomic E-state index is 0.163. The van der Waals surface area contributed by atoms with E-state index in [0.29, 0.717) is 17.1 Å². The zero-order valence-corrected chi connectivity index (χ0v) is 13.8. The van der Waals surface area contributed by atoms with Gasteiger partial charge < -0.3 is 14.8 Å². The zero-order valence-electron chi connectivity index (χ0n) is 13.1. The standard InChI is InChI=1S/C17H16ClN3O2/c1-10-9-11(22-2)7-8-13(10)19-16-12-5-4-6-14(23-3)15(12)20-17(18)21-16/h4-9H,1-3H3,(H,19,20,21). The van der Waals surface area contributed by atoms with E-state index in [1.807, 2.05) is 43.3 Å². The molecule has 0 atom stereocenters. The molecule has 3 aromatic rings. The minimum absolute atomic E-state index is 0.163. The lowest BCUT2D eigenvalue weighted by Gasteiger charge is -2.13. The Balaban J connectivity index is 2.10. The van der Waals surface area contributed by atoms with E-state index in [2.05, 4.69) is 15.3 Å². The molecule has 1 heterocycles. The topological polar surface area (TPSA) is 56.3 Å². The highest BCUT2D eigenvalue weighted by molar-refractivity contribution is 6.29. The fourth-order valence-electron chi connectivity index (χ4n) is 2.39. The third-order valence-electron chi connectivity index (χ3n) is 3.57. The maximum Gasteiger partial charge on any atom is 0.225 e. The monoisotopic (exact) mass is 329 g/mol. The molecule has 0 saturated carbocycles. The lowest BCUT2D eigenvalue weighted by Crippen LogP contribution is -2.00. The summed E-state index contributed by atoms with van der Waals surface area (Å²) in [6, 6.07) is 11.4. The van der Waals surface area contributed by atoms with Crippen LogP contribution in [-0.4, -0.2) is 24.2 Å². The number of para-hydroxylation sites is 1. The summed E-state index contributed by atoms with van der Waals surface area (Å²) in [6.07, 6.45) is 0. The molecule has 118 valence electrons. The fourth-order valence-corrected chi connectivity index (χ4v) is 2.56. The SMILES string of the molecule is COc1ccc(Nc2nc(Cl)nc3c(OC)cccc23)c(C)c1. The van der Waals surface area contributed by atoms with Crippen molar-refractivity contribution in [1.29, 1.82) is 0 Å². The van der Waals surface area contributed by atoms with Crippen LogP contribution in [0, 0.1) is 6.92 Å². The summed E-state index contributed by atoms with van der Waals surface area (Å²) in [5, 5.41) is 4.31. The molecule has 23 heavy (non-hydrogen) atoms. The number of ether oxygens (including phenoxy) is 2. The van der Waals surface area contributed by atoms with Gasteiger partial charge >= 0.3 is 0 Å². The number of nitrogens with one attached hydrogen (secondary N) is 1. The summed E-state index contributed by atoms with van der Waals surface area (Å²) in [6.45, 7) is 2.00. The molecule has 5 nitrogen and oxygen atoms in total. The van der Waals surface area contributed by atoms with Gasteiger partial charge in [-0.1, -0.05) is 6.07 Å². The maximum absolute atomic E-state index is 6.07. The van der Waals surface area contributed by atoms with Crippen molar-refractivity contribution in [2.75, 3.05) is 19.5 Å². The van der Waals surface area contributed by atoms with E-state index in [0.717, 1.165) is 22.4 Å². The number of methoxy groups -OCH3 is 2. The minimum Gasteiger partial charge on any atom is -0.497 e. The summed E-state index contributed by atoms with van der Waals surface area (Å²) >= 11 is 6.07. The van der Waals surface area contributed by atoms with Crippen molar-refractivity contribution in [3.8, 4) is 11.5 Å². The summed E-state index contributed by atoms with van der Waals surface area (Å²) in [4.78, 5) is 8.58. The van der Waals surface area contributed by atoms with Crippen molar-refractivity contribution in [2.24, 2.45) is 0 Å². The quantitative estimate of drug-likeness (QED) is 0.721. The van der Waals surface area contributed by atoms with Crippen LogP contribution in [0.5, 0.6) is 11.5 Å². The number of aromatic nitrogens is 2. The Bertz CT molecular complexity index is 868. The van der Waals surface area contributed by atoms with Gasteiger partial charge in [-0.2, -0.15) is 4.98 Å². The Kier molecular flexibility index (Phi) is 4.21. The van der Waals surface area contributed by atoms with E-state index < -0.39 is 0 Å². The van der Waals surface area contributed by atoms with Gasteiger partial charge in [-0.15, -0.1) is 0 Å². The smallest absolute Gasteiger partial charge is 0.225 e. The Labute approximate surface area is 139 Å². The Morgan fingerprint density at radius 1 is 1.04 bits per heavy atom. The van der Waals surface area contributed by atoms with Gasteiger partial charge in [0.15, 0.2) is 0 Å². The van der Waals surface area contributed by atoms with Crippen LogP contribution in [0.4, 0.5) is 11.5 Å². The average Bonchev–Trinajstić information content (AvgIpc) is 2.56. The molecule has 3 rings (SSSR count). The van der Waals surface area contributed by atoms with Crippen LogP contribution in [0.25, 0.3) is 10.9 Å². The number of benzene rings is 2. The summed E-state index contributed by atoms with van der Waals surface area (Å²) in [5.41, 5.74) is 2.63. The van der Waals surface area contributed by atoms with Gasteiger partial charge in [-0.25, -0.2) is 4.98 Å². The molecule has 6 heteroatoms. The molecule has 0 aliphatic rings. The highest BCUT2D eigenvalue weighted by Gasteiger charge is 2.12. The van der Waals surface area contributed by atoms with Gasteiger partial charge in [-0.05, 0) is 54.4 Å². The molecule has 0 aliphatic heterocycles. The summed E-state index contributed by atoms with van der Waals surface area (Å²) in [7, 11) is 3.25. The number of nitrogens with zero attached hydrogens (tertiary/aromatic N) is 2. The van der Waals surface area contributed by atoms with Crippen molar-refractivity contribution in [1.82, 2.24) is 9.97 Å². The molecule has 2 aromatic carbocycles. The lowest BCUT2D eigenvalue weighted by molar-refractivity contribution is 0.414. The van der Waals surface area contributed by atoms with E-state index in [-0.39, 0.29) is 5.28 Å². The van der Waals surface area contributed by atoms with Crippen molar-refractivity contribution in [3.05, 3.63) is 47.2 Å². The predicted octanol–water partition coefficient (Wildman–Crippen LogP) is 4.35. The second kappa shape index (κ2) is 6.30. The highest BCUT2D eigenvalue weighted by atomic mass is 35.5. The van der Waals surface area contributed by atoms with Gasteiger partial charge in [0, 0.05) is 11.1 Å². The molecule has 0 fully saturated rings. The molecule has 0 bridgehead atoms. The van der Waals surface area contributed by atoms with Crippen molar-refractivity contribution in [2.45, 2.75) is 6.92 Å². The molecule has 0 spiro atoms. The van der Waals surface area contributed by atoms with Gasteiger partial charge in [0.1, 0.15) is 22.8 Å². The van der Waals surface area contributed by atoms with Gasteiger partial charge in [-0.3, -0.25) is 0 Å². The Morgan fingerprint density at radius 2 is 1.87 bits per heavy atom. The summed E-state index contributed by atoms with van der Waals surface area (Å²) < 4.78 is 10.6. The van der Waals surface area contributed by atoms with Crippen LogP contribution in [0.2, 0.25) is 5.28 Å². The van der Waals surface area contributed by atoms with Crippen molar-refractivity contribution in [3.63, 3.8) is 0 Å². The van der Waals surface area contributed by atoms with Crippen LogP contribution in [0.3, 0.4) is 0 Å². The van der Waals surface area contributed by atoms with Crippen LogP contribution >= 0.6 is 11.6 Å². The number of fused-ring (bicyclic) bond motifs is 1. The van der Waals surface area contributed by atoms with Crippen LogP contribution in [0.1, 0.15) is 5.56 Å². The normalized spacial score (nSPS) is 10.6. The number of rotatable bonds is 4. The van der Waals surface area contributed by atoms with E-state index in [4.69, 9.17) is 21.1 Å². The molecule has 1 N–H and O–H groups in total. The first kappa shape index (κ1) is 15.4.